The number of nitrogens with zero attached hydrogens (tertiary/aromatic N) is 3. The monoisotopic (exact) mass is 529 g/mol. The molecule has 0 saturated carbocycles. The molecule has 12 nitrogen and oxygen atoms in total. The van der Waals surface area contributed by atoms with E-state index in [0.717, 1.165) is 56.4 Å². The zero-order chi connectivity index (χ0) is 28.2. The third-order valence-electron chi connectivity index (χ3n) is 5.70. The number of oxazole rings is 1. The molecule has 204 valence electrons. The predicted octanol–water partition coefficient (Wildman–Crippen LogP) is 1.84. The number of likely N-dealkylation sites (N-methyl/N-ethyl adjacent to an activating group) is 1. The van der Waals surface area contributed by atoms with Gasteiger partial charge in [0.2, 0.25) is 0 Å². The number of benzene rings is 1. The van der Waals surface area contributed by atoms with E-state index < -0.39 is 23.9 Å². The maximum Gasteiger partial charge on any atom is 0.328 e. The van der Waals surface area contributed by atoms with Crippen molar-refractivity contribution in [2.45, 2.75) is 25.8 Å². The van der Waals surface area contributed by atoms with Gasteiger partial charge in [-0.1, -0.05) is 24.3 Å². The first-order valence-electron chi connectivity index (χ1n) is 11.7. The van der Waals surface area contributed by atoms with Crippen molar-refractivity contribution in [2.75, 3.05) is 33.2 Å². The minimum Gasteiger partial charge on any atom is -0.478 e. The van der Waals surface area contributed by atoms with Crippen molar-refractivity contribution in [3.8, 4) is 0 Å². The van der Waals surface area contributed by atoms with E-state index in [9.17, 15) is 19.2 Å². The van der Waals surface area contributed by atoms with E-state index in [2.05, 4.69) is 41.1 Å². The molecule has 1 unspecified atom stereocenters. The molecule has 2 heterocycles. The largest absolute Gasteiger partial charge is 0.478 e. The summed E-state index contributed by atoms with van der Waals surface area (Å²) in [7, 11) is 2.20. The number of carboxylic acid groups (broad SMARTS) is 4. The van der Waals surface area contributed by atoms with Crippen molar-refractivity contribution in [2.24, 2.45) is 0 Å². The van der Waals surface area contributed by atoms with E-state index in [4.69, 9.17) is 29.8 Å². The molecule has 0 bridgehead atoms. The van der Waals surface area contributed by atoms with E-state index in [1.54, 1.807) is 0 Å². The summed E-state index contributed by atoms with van der Waals surface area (Å²) in [6.45, 7) is 6.36. The van der Waals surface area contributed by atoms with Crippen LogP contribution in [0.2, 0.25) is 0 Å². The Kier molecular flexibility index (Phi) is 11.4. The highest BCUT2D eigenvalue weighted by Crippen LogP contribution is 2.36. The van der Waals surface area contributed by atoms with Gasteiger partial charge in [-0.15, -0.1) is 0 Å². The van der Waals surface area contributed by atoms with Crippen LogP contribution in [0.1, 0.15) is 34.5 Å². The molecule has 1 aromatic carbocycles. The molecule has 1 saturated heterocycles. The number of aromatic nitrogens is 1. The van der Waals surface area contributed by atoms with Gasteiger partial charge in [-0.25, -0.2) is 24.2 Å². The molecule has 1 aromatic heterocycles. The Labute approximate surface area is 219 Å². The van der Waals surface area contributed by atoms with Crippen LogP contribution in [0.5, 0.6) is 0 Å². The minimum absolute atomic E-state index is 0.250. The van der Waals surface area contributed by atoms with Gasteiger partial charge in [-0.3, -0.25) is 4.90 Å². The molecule has 2 aliphatic rings. The number of aryl methyl sites for hydroxylation is 3. The molecule has 1 atom stereocenters. The molecular formula is C26H31N3O9. The van der Waals surface area contributed by atoms with Crippen LogP contribution < -0.4 is 0 Å². The van der Waals surface area contributed by atoms with Crippen molar-refractivity contribution in [1.82, 2.24) is 14.8 Å². The molecule has 0 spiro atoms. The van der Waals surface area contributed by atoms with Crippen molar-refractivity contribution in [3.05, 3.63) is 77.0 Å². The average molecular weight is 530 g/mol. The molecule has 4 rings (SSSR count). The maximum atomic E-state index is 9.55. The average Bonchev–Trinajstić information content (AvgIpc) is 3.15. The van der Waals surface area contributed by atoms with E-state index in [-0.39, 0.29) is 6.04 Å². The van der Waals surface area contributed by atoms with Crippen LogP contribution in [0.25, 0.3) is 0 Å². The highest BCUT2D eigenvalue weighted by atomic mass is 16.4. The fraction of sp³-hybridized carbons (Fsp3) is 0.346. The number of aliphatic carboxylic acids is 4. The van der Waals surface area contributed by atoms with Crippen LogP contribution in [0.4, 0.5) is 0 Å². The SMILES string of the molecule is Cc1nc2c(o1)CCc1ccccc1C2N1CCN(C)CC1.O=C(O)/C=C/C(=O)O.O=C(O)/C=C/C(=O)O. The Morgan fingerprint density at radius 2 is 1.34 bits per heavy atom. The third kappa shape index (κ3) is 9.64. The fourth-order valence-electron chi connectivity index (χ4n) is 4.04. The standard InChI is InChI=1S/C18H23N3O.2C4H4O4/c1-13-19-17-16(22-13)8-7-14-5-3-4-6-15(14)18(17)21-11-9-20(2)10-12-21;2*5-3(6)1-2-4(7)8/h3-6,18H,7-12H2,1-2H3;2*1-2H,(H,5,6)(H,7,8)/b;2*2-1+. The Hall–Kier alpha value is -4.29. The topological polar surface area (TPSA) is 182 Å². The molecule has 0 amide bonds. The van der Waals surface area contributed by atoms with Crippen LogP contribution in [0.15, 0.2) is 53.0 Å². The van der Waals surface area contributed by atoms with Crippen molar-refractivity contribution < 1.29 is 44.0 Å². The van der Waals surface area contributed by atoms with Crippen LogP contribution >= 0.6 is 0 Å². The van der Waals surface area contributed by atoms with E-state index >= 15 is 0 Å². The second-order valence-electron chi connectivity index (χ2n) is 8.50. The number of rotatable bonds is 5. The lowest BCUT2D eigenvalue weighted by atomic mass is 9.97. The zero-order valence-electron chi connectivity index (χ0n) is 21.1. The summed E-state index contributed by atoms with van der Waals surface area (Å²) in [5.41, 5.74) is 4.00. The Morgan fingerprint density at radius 3 is 1.84 bits per heavy atom. The number of hydrogen-bond donors (Lipinski definition) is 4. The third-order valence-corrected chi connectivity index (χ3v) is 5.70. The smallest absolute Gasteiger partial charge is 0.328 e. The molecule has 1 aliphatic carbocycles. The van der Waals surface area contributed by atoms with Gasteiger partial charge >= 0.3 is 23.9 Å². The molecule has 38 heavy (non-hydrogen) atoms. The van der Waals surface area contributed by atoms with Gasteiger partial charge in [-0.2, -0.15) is 0 Å². The first kappa shape index (κ1) is 29.9. The molecule has 2 aromatic rings. The first-order valence-corrected chi connectivity index (χ1v) is 11.7. The highest BCUT2D eigenvalue weighted by molar-refractivity contribution is 5.90. The minimum atomic E-state index is -1.26. The zero-order valence-corrected chi connectivity index (χ0v) is 21.1. The summed E-state index contributed by atoms with van der Waals surface area (Å²) >= 11 is 0. The molecule has 0 radical (unpaired) electrons. The van der Waals surface area contributed by atoms with Gasteiger partial charge in [0.15, 0.2) is 5.89 Å². The summed E-state index contributed by atoms with van der Waals surface area (Å²) in [5, 5.41) is 31.2. The Morgan fingerprint density at radius 1 is 0.842 bits per heavy atom. The van der Waals surface area contributed by atoms with Gasteiger partial charge in [0.1, 0.15) is 11.5 Å². The fourth-order valence-corrected chi connectivity index (χ4v) is 4.04. The number of carboxylic acids is 4. The van der Waals surface area contributed by atoms with Crippen LogP contribution in [-0.4, -0.2) is 92.3 Å². The lowest BCUT2D eigenvalue weighted by molar-refractivity contribution is -0.134. The molecule has 4 N–H and O–H groups in total. The predicted molar refractivity (Wildman–Crippen MR) is 135 cm³/mol. The molecule has 1 fully saturated rings. The summed E-state index contributed by atoms with van der Waals surface area (Å²) in [5.74, 6) is -3.15. The second kappa shape index (κ2) is 14.4. The van der Waals surface area contributed by atoms with Gasteiger partial charge < -0.3 is 29.7 Å². The summed E-state index contributed by atoms with van der Waals surface area (Å²) in [4.78, 5) is 47.9. The maximum absolute atomic E-state index is 9.55. The Bertz CT molecular complexity index is 1130. The molecule has 1 aliphatic heterocycles. The lowest BCUT2D eigenvalue weighted by Crippen LogP contribution is -2.46. The number of carbonyl (C=O) groups is 4. The highest BCUT2D eigenvalue weighted by Gasteiger charge is 2.33. The summed E-state index contributed by atoms with van der Waals surface area (Å²) < 4.78 is 5.91. The van der Waals surface area contributed by atoms with Gasteiger partial charge in [0.25, 0.3) is 0 Å². The number of fused-ring (bicyclic) bond motifs is 2. The van der Waals surface area contributed by atoms with Crippen LogP contribution in [-0.2, 0) is 32.0 Å². The first-order chi connectivity index (χ1) is 18.0. The number of hydrogen-bond acceptors (Lipinski definition) is 8. The van der Waals surface area contributed by atoms with Crippen LogP contribution in [0.3, 0.4) is 0 Å². The van der Waals surface area contributed by atoms with Crippen molar-refractivity contribution in [3.63, 3.8) is 0 Å². The van der Waals surface area contributed by atoms with E-state index in [1.807, 2.05) is 6.92 Å². The van der Waals surface area contributed by atoms with Gasteiger partial charge in [-0.05, 0) is 24.6 Å². The van der Waals surface area contributed by atoms with Gasteiger partial charge in [0.05, 0.1) is 6.04 Å². The second-order valence-corrected chi connectivity index (χ2v) is 8.50. The van der Waals surface area contributed by atoms with Crippen molar-refractivity contribution in [1.29, 1.82) is 0 Å². The van der Waals surface area contributed by atoms with E-state index in [0.29, 0.717) is 24.3 Å². The molecule has 12 heteroatoms. The molecular weight excluding hydrogens is 498 g/mol. The Balaban J connectivity index is 0.000000264. The lowest BCUT2D eigenvalue weighted by Gasteiger charge is -2.37. The van der Waals surface area contributed by atoms with Crippen LogP contribution in [0, 0.1) is 6.92 Å². The number of piperazine rings is 1. The summed E-state index contributed by atoms with van der Waals surface area (Å²) in [6, 6.07) is 9.08. The summed E-state index contributed by atoms with van der Waals surface area (Å²) in [6.07, 6.45) is 4.23. The van der Waals surface area contributed by atoms with Crippen molar-refractivity contribution >= 4 is 23.9 Å². The van der Waals surface area contributed by atoms with E-state index in [1.165, 1.54) is 11.1 Å². The van der Waals surface area contributed by atoms with Gasteiger partial charge in [0, 0.05) is 63.8 Å². The quantitative estimate of drug-likeness (QED) is 0.413. The normalized spacial score (nSPS) is 17.3.